The number of hydrogen-bond acceptors (Lipinski definition) is 7. The Balaban J connectivity index is 1.62. The van der Waals surface area contributed by atoms with Gasteiger partial charge >= 0.3 is 0 Å². The molecule has 1 aliphatic rings. The maximum Gasteiger partial charge on any atom is 0.238 e. The molecule has 0 aliphatic carbocycles. The van der Waals surface area contributed by atoms with Gasteiger partial charge in [-0.15, -0.1) is 22.0 Å². The van der Waals surface area contributed by atoms with Gasteiger partial charge in [0.05, 0.1) is 17.5 Å². The van der Waals surface area contributed by atoms with Gasteiger partial charge in [-0.25, -0.2) is 0 Å². The zero-order valence-corrected chi connectivity index (χ0v) is 16.2. The molecule has 2 aromatic carbocycles. The number of fused-ring (bicyclic) bond motifs is 1. The zero-order valence-electron chi connectivity index (χ0n) is 13.7. The van der Waals surface area contributed by atoms with Crippen molar-refractivity contribution in [3.63, 3.8) is 0 Å². The number of carbonyl (C=O) groups is 1. The number of aromatic nitrogens is 2. The number of carbonyl (C=O) groups excluding carboxylic acids is 1. The van der Waals surface area contributed by atoms with Crippen LogP contribution >= 0.6 is 34.9 Å². The standard InChI is InChI=1S/C18H16N4OS3/c19-17-20-21-18(26-17)25-11-16(23)22-13-8-4-5-9-15(13)24-10-14(22)12-6-2-1-3-7-12/h1-9,14H,10-11H2,(H2,19,20). The second-order valence-corrected chi connectivity index (χ2v) is 8.96. The molecule has 0 saturated heterocycles. The van der Waals surface area contributed by atoms with E-state index in [9.17, 15) is 4.79 Å². The topological polar surface area (TPSA) is 72.1 Å². The van der Waals surface area contributed by atoms with Crippen molar-refractivity contribution >= 4 is 51.6 Å². The molecule has 2 N–H and O–H groups in total. The Bertz CT molecular complexity index is 916. The number of amides is 1. The van der Waals surface area contributed by atoms with Gasteiger partial charge in [-0.05, 0) is 17.7 Å². The molecular weight excluding hydrogens is 384 g/mol. The smallest absolute Gasteiger partial charge is 0.238 e. The second-order valence-electron chi connectivity index (χ2n) is 5.66. The third-order valence-corrected chi connectivity index (χ3v) is 7.04. The summed E-state index contributed by atoms with van der Waals surface area (Å²) in [5.41, 5.74) is 7.74. The van der Waals surface area contributed by atoms with Crippen molar-refractivity contribution in [2.24, 2.45) is 0 Å². The number of nitrogen functional groups attached to an aromatic ring is 1. The van der Waals surface area contributed by atoms with E-state index in [2.05, 4.69) is 28.4 Å². The van der Waals surface area contributed by atoms with E-state index in [-0.39, 0.29) is 11.9 Å². The van der Waals surface area contributed by atoms with Crippen LogP contribution < -0.4 is 10.6 Å². The normalized spacial score (nSPS) is 16.3. The summed E-state index contributed by atoms with van der Waals surface area (Å²) in [5.74, 6) is 1.20. The van der Waals surface area contributed by atoms with Crippen LogP contribution in [-0.4, -0.2) is 27.6 Å². The molecule has 1 amide bonds. The van der Waals surface area contributed by atoms with Gasteiger partial charge < -0.3 is 10.6 Å². The lowest BCUT2D eigenvalue weighted by Crippen LogP contribution is -2.39. The number of nitrogens with two attached hydrogens (primary N) is 1. The van der Waals surface area contributed by atoms with Crippen LogP contribution in [0.4, 0.5) is 10.8 Å². The number of para-hydroxylation sites is 1. The third kappa shape index (κ3) is 3.58. The maximum absolute atomic E-state index is 13.1. The largest absolute Gasteiger partial charge is 0.374 e. The van der Waals surface area contributed by atoms with Crippen molar-refractivity contribution in [2.75, 3.05) is 22.1 Å². The summed E-state index contributed by atoms with van der Waals surface area (Å²) in [7, 11) is 0. The molecule has 1 aromatic heterocycles. The van der Waals surface area contributed by atoms with Crippen LogP contribution in [-0.2, 0) is 4.79 Å². The number of thioether (sulfide) groups is 2. The quantitative estimate of drug-likeness (QED) is 0.665. The summed E-state index contributed by atoms with van der Waals surface area (Å²) in [6.45, 7) is 0. The monoisotopic (exact) mass is 400 g/mol. The Morgan fingerprint density at radius 1 is 1.15 bits per heavy atom. The second kappa shape index (κ2) is 7.69. The van der Waals surface area contributed by atoms with E-state index < -0.39 is 0 Å². The van der Waals surface area contributed by atoms with Crippen LogP contribution in [0.2, 0.25) is 0 Å². The fraction of sp³-hybridized carbons (Fsp3) is 0.167. The molecule has 1 aliphatic heterocycles. The summed E-state index contributed by atoms with van der Waals surface area (Å²) in [5, 5.41) is 8.21. The van der Waals surface area contributed by atoms with E-state index in [1.165, 1.54) is 23.1 Å². The van der Waals surface area contributed by atoms with E-state index in [0.717, 1.165) is 21.9 Å². The molecule has 0 saturated carbocycles. The van der Waals surface area contributed by atoms with Gasteiger partial charge in [0.1, 0.15) is 0 Å². The highest BCUT2D eigenvalue weighted by Gasteiger charge is 2.32. The SMILES string of the molecule is Nc1nnc(SCC(=O)N2c3ccccc3SCC2c2ccccc2)s1. The van der Waals surface area contributed by atoms with E-state index in [4.69, 9.17) is 5.73 Å². The van der Waals surface area contributed by atoms with Crippen molar-refractivity contribution in [2.45, 2.75) is 15.3 Å². The molecule has 26 heavy (non-hydrogen) atoms. The molecule has 0 spiro atoms. The first-order chi connectivity index (χ1) is 12.7. The Hall–Kier alpha value is -2.03. The summed E-state index contributed by atoms with van der Waals surface area (Å²) in [6, 6.07) is 18.3. The molecule has 5 nitrogen and oxygen atoms in total. The molecule has 1 unspecified atom stereocenters. The summed E-state index contributed by atoms with van der Waals surface area (Å²) in [4.78, 5) is 16.2. The van der Waals surface area contributed by atoms with Crippen LogP contribution in [0.1, 0.15) is 11.6 Å². The van der Waals surface area contributed by atoms with Gasteiger partial charge in [-0.2, -0.15) is 0 Å². The zero-order chi connectivity index (χ0) is 17.9. The van der Waals surface area contributed by atoms with Crippen molar-refractivity contribution in [1.82, 2.24) is 10.2 Å². The molecule has 1 atom stereocenters. The minimum atomic E-state index is 0.0173. The average molecular weight is 401 g/mol. The van der Waals surface area contributed by atoms with E-state index in [0.29, 0.717) is 15.2 Å². The lowest BCUT2D eigenvalue weighted by Gasteiger charge is -2.37. The van der Waals surface area contributed by atoms with Crippen LogP contribution in [0.15, 0.2) is 63.8 Å². The highest BCUT2D eigenvalue weighted by Crippen LogP contribution is 2.43. The van der Waals surface area contributed by atoms with Gasteiger partial charge in [0.2, 0.25) is 11.0 Å². The molecule has 3 aromatic rings. The molecule has 2 heterocycles. The van der Waals surface area contributed by atoms with Gasteiger partial charge in [0, 0.05) is 10.6 Å². The van der Waals surface area contributed by atoms with Crippen LogP contribution in [0.25, 0.3) is 0 Å². The fourth-order valence-corrected chi connectivity index (χ4v) is 5.55. The van der Waals surface area contributed by atoms with Crippen molar-refractivity contribution in [3.05, 3.63) is 60.2 Å². The predicted octanol–water partition coefficient (Wildman–Crippen LogP) is 4.09. The highest BCUT2D eigenvalue weighted by molar-refractivity contribution is 8.01. The Labute approximate surface area is 164 Å². The molecule has 0 bridgehead atoms. The van der Waals surface area contributed by atoms with E-state index in [1.54, 1.807) is 11.8 Å². The van der Waals surface area contributed by atoms with Gasteiger partial charge in [0.25, 0.3) is 0 Å². The minimum Gasteiger partial charge on any atom is -0.374 e. The molecule has 0 radical (unpaired) electrons. The summed E-state index contributed by atoms with van der Waals surface area (Å²) in [6.07, 6.45) is 0. The molecule has 132 valence electrons. The van der Waals surface area contributed by atoms with Crippen molar-refractivity contribution in [1.29, 1.82) is 0 Å². The maximum atomic E-state index is 13.1. The lowest BCUT2D eigenvalue weighted by molar-refractivity contribution is -0.116. The van der Waals surface area contributed by atoms with Crippen LogP contribution in [0, 0.1) is 0 Å². The van der Waals surface area contributed by atoms with Crippen LogP contribution in [0.3, 0.4) is 0 Å². The molecule has 8 heteroatoms. The van der Waals surface area contributed by atoms with E-state index in [1.807, 2.05) is 41.3 Å². The van der Waals surface area contributed by atoms with Crippen molar-refractivity contribution < 1.29 is 4.79 Å². The van der Waals surface area contributed by atoms with E-state index >= 15 is 0 Å². The van der Waals surface area contributed by atoms with Gasteiger partial charge in [-0.1, -0.05) is 65.6 Å². The average Bonchev–Trinajstić information content (AvgIpc) is 3.11. The summed E-state index contributed by atoms with van der Waals surface area (Å²) >= 11 is 4.48. The highest BCUT2D eigenvalue weighted by atomic mass is 32.2. The third-order valence-electron chi connectivity index (χ3n) is 4.03. The van der Waals surface area contributed by atoms with Crippen molar-refractivity contribution in [3.8, 4) is 0 Å². The number of rotatable bonds is 4. The Morgan fingerprint density at radius 2 is 1.92 bits per heavy atom. The Morgan fingerprint density at radius 3 is 2.69 bits per heavy atom. The predicted molar refractivity (Wildman–Crippen MR) is 109 cm³/mol. The van der Waals surface area contributed by atoms with Crippen LogP contribution in [0.5, 0.6) is 0 Å². The fourth-order valence-electron chi connectivity index (χ4n) is 2.89. The minimum absolute atomic E-state index is 0.0173. The number of nitrogens with zero attached hydrogens (tertiary/aromatic N) is 3. The Kier molecular flexibility index (Phi) is 5.14. The van der Waals surface area contributed by atoms with Gasteiger partial charge in [-0.3, -0.25) is 4.79 Å². The molecule has 4 rings (SSSR count). The first-order valence-corrected chi connectivity index (χ1v) is 10.8. The first-order valence-electron chi connectivity index (χ1n) is 8.03. The number of benzene rings is 2. The lowest BCUT2D eigenvalue weighted by atomic mass is 10.1. The summed E-state index contributed by atoms with van der Waals surface area (Å²) < 4.78 is 0.715. The molecular formula is C18H16N4OS3. The number of hydrogen-bond donors (Lipinski definition) is 1. The first kappa shape index (κ1) is 17.4. The van der Waals surface area contributed by atoms with Gasteiger partial charge in [0.15, 0.2) is 4.34 Å². The number of anilines is 2. The molecule has 0 fully saturated rings.